The number of benzene rings is 7. The van der Waals surface area contributed by atoms with Crippen molar-refractivity contribution in [1.82, 2.24) is 38.1 Å². The number of H-pyrrole nitrogens is 3. The minimum atomic E-state index is 0.110. The van der Waals surface area contributed by atoms with Crippen LogP contribution in [0.3, 0.4) is 0 Å². The van der Waals surface area contributed by atoms with Gasteiger partial charge < -0.3 is 82.1 Å². The molecule has 0 aliphatic rings. The monoisotopic (exact) mass is 1420 g/mol. The van der Waals surface area contributed by atoms with E-state index in [9.17, 15) is 0 Å². The van der Waals surface area contributed by atoms with Crippen LogP contribution in [0.4, 0.5) is 39.8 Å². The lowest BCUT2D eigenvalue weighted by molar-refractivity contribution is 0.311. The van der Waals surface area contributed by atoms with E-state index in [1.54, 1.807) is 12.4 Å². The van der Waals surface area contributed by atoms with Crippen LogP contribution in [0.1, 0.15) is 13.8 Å². The first-order chi connectivity index (χ1) is 44.2. The van der Waals surface area contributed by atoms with Crippen molar-refractivity contribution in [3.05, 3.63) is 205 Å². The van der Waals surface area contributed by atoms with Gasteiger partial charge in [0.2, 0.25) is 0 Å². The number of halogens is 7. The molecule has 23 heteroatoms. The molecule has 0 aliphatic heterocycles. The summed E-state index contributed by atoms with van der Waals surface area (Å²) in [5.74, 6) is 0. The predicted octanol–water partition coefficient (Wildman–Crippen LogP) is 18.6. The van der Waals surface area contributed by atoms with E-state index in [4.69, 9.17) is 97.6 Å². The number of hydrogen-bond donors (Lipinski definition) is 11. The lowest BCUT2D eigenvalue weighted by Gasteiger charge is -2.11. The Morgan fingerprint density at radius 3 is 1.34 bits per heavy atom. The first-order valence-electron chi connectivity index (χ1n) is 29.4. The Kier molecular flexibility index (Phi) is 24.8. The number of anilines is 7. The lowest BCUT2D eigenvalue weighted by Crippen LogP contribution is -2.17. The summed E-state index contributed by atoms with van der Waals surface area (Å²) in [6, 6.07) is 41.3. The van der Waals surface area contributed by atoms with Crippen molar-refractivity contribution >= 4 is 202 Å². The highest BCUT2D eigenvalue weighted by Gasteiger charge is 2.13. The van der Waals surface area contributed by atoms with Crippen molar-refractivity contribution in [1.29, 1.82) is 0 Å². The smallest absolute Gasteiger partial charge is 0.0682 e. The second kappa shape index (κ2) is 32.6. The number of nitrogen functional groups attached to an aromatic ring is 4. The molecular formula is C69H76BrCl6N15O. The molecule has 482 valence electrons. The zero-order chi connectivity index (χ0) is 66.3. The number of hydrogen-bond acceptors (Lipinski definition) is 9. The quantitative estimate of drug-likeness (QED) is 0.0584. The number of rotatable bonds is 10. The molecule has 0 saturated carbocycles. The van der Waals surface area contributed by atoms with E-state index in [0.29, 0.717) is 21.6 Å². The lowest BCUT2D eigenvalue weighted by atomic mass is 10.2. The van der Waals surface area contributed by atoms with Crippen LogP contribution in [-0.2, 0) is 27.2 Å². The Labute approximate surface area is 573 Å². The zero-order valence-electron chi connectivity index (χ0n) is 52.0. The van der Waals surface area contributed by atoms with E-state index in [0.717, 1.165) is 156 Å². The molecule has 14 rings (SSSR count). The van der Waals surface area contributed by atoms with Crippen LogP contribution in [-0.4, -0.2) is 90.6 Å². The molecule has 0 radical (unpaired) electrons. The molecule has 0 amide bonds. The molecule has 0 atom stereocenters. The van der Waals surface area contributed by atoms with Crippen molar-refractivity contribution in [2.24, 2.45) is 14.1 Å². The van der Waals surface area contributed by atoms with Crippen LogP contribution in [0.5, 0.6) is 0 Å². The number of nitrogens with zero attached hydrogens (tertiary/aromatic N) is 5. The minimum absolute atomic E-state index is 0.110. The van der Waals surface area contributed by atoms with E-state index in [-0.39, 0.29) is 6.61 Å². The summed E-state index contributed by atoms with van der Waals surface area (Å²) >= 11 is 39.8. The van der Waals surface area contributed by atoms with Crippen LogP contribution in [0.2, 0.25) is 30.1 Å². The summed E-state index contributed by atoms with van der Waals surface area (Å²) in [6.07, 6.45) is 13.1. The number of likely N-dealkylation sites (N-methyl/N-ethyl adjacent to an activating group) is 1. The first-order valence-corrected chi connectivity index (χ1v) is 32.5. The van der Waals surface area contributed by atoms with Gasteiger partial charge in [0.25, 0.3) is 0 Å². The molecule has 7 aromatic carbocycles. The maximum atomic E-state index is 8.72. The SMILES string of the molecule is CCNc1cccc2c1c(Cl)cn2CC.CN(C)CCn1cc(Cl)c2c(N)cccc21.CNc1cccc2[nH]cc(Cl)c12.Cn1cc(Cl)c2c(N)cccc21.Cn1cc(Cl)c2c(N)cccc21.Nc1cccc2[nH]cc(Br)c12.OCCNc1cccc2[nH]cc(Cl)c12. The molecule has 16 nitrogen and oxygen atoms in total. The van der Waals surface area contributed by atoms with Gasteiger partial charge in [-0.25, -0.2) is 0 Å². The van der Waals surface area contributed by atoms with Crippen LogP contribution in [0, 0.1) is 0 Å². The van der Waals surface area contributed by atoms with E-state index in [2.05, 4.69) is 107 Å². The number of aliphatic hydroxyl groups excluding tert-OH is 1. The maximum absolute atomic E-state index is 8.72. The van der Waals surface area contributed by atoms with Crippen LogP contribution < -0.4 is 38.9 Å². The summed E-state index contributed by atoms with van der Waals surface area (Å²) in [6.45, 7) is 8.60. The first kappa shape index (κ1) is 69.9. The van der Waals surface area contributed by atoms with Gasteiger partial charge in [-0.05, 0) is 129 Å². The molecule has 15 N–H and O–H groups in total. The van der Waals surface area contributed by atoms with E-state index in [1.807, 2.05) is 170 Å². The highest BCUT2D eigenvalue weighted by atomic mass is 79.9. The van der Waals surface area contributed by atoms with E-state index < -0.39 is 0 Å². The second-order valence-electron chi connectivity index (χ2n) is 21.4. The third-order valence-corrected chi connectivity index (χ3v) is 17.3. The minimum Gasteiger partial charge on any atom is -0.398 e. The summed E-state index contributed by atoms with van der Waals surface area (Å²) in [4.78, 5) is 11.4. The van der Waals surface area contributed by atoms with Gasteiger partial charge in [0.15, 0.2) is 0 Å². The fourth-order valence-electron chi connectivity index (χ4n) is 10.6. The highest BCUT2D eigenvalue weighted by Crippen LogP contribution is 2.36. The Morgan fingerprint density at radius 1 is 0.467 bits per heavy atom. The fraction of sp³-hybridized carbons (Fsp3) is 0.188. The Hall–Kier alpha value is -7.94. The molecule has 7 heterocycles. The molecule has 0 bridgehead atoms. The number of aromatic nitrogens is 7. The standard InChI is InChI=1S/C12H16ClN3.C12H15ClN2.C10H11ClN2O.3C9H9ClN2.C8H7BrN2/c1-15(2)6-7-16-8-9(13)12-10(14)4-3-5-11(12)16;1-3-14-10-6-5-7-11-12(10)9(13)8-15(11)4-2;11-7-6-13-9-3-1-2-8(10(7)9)12-4-5-14;2*1-12-5-6(10)9-7(11)3-2-4-8(9)12;1-11-7-3-2-4-8-9(7)6(10)5-12-8;9-5-4-11-7-3-1-2-6(10)8(5)7/h3-5,8H,6-7,14H2,1-2H3;5-8,14H,3-4H2,1-2H3;1-3,6,12-14H,4-5H2;2*2-5H,11H2,1H3;2-5,11-12H,1H3;1-4,11H,10H2. The molecule has 0 saturated heterocycles. The van der Waals surface area contributed by atoms with Crippen molar-refractivity contribution in [2.75, 3.05) is 86.3 Å². The van der Waals surface area contributed by atoms with Crippen molar-refractivity contribution in [3.8, 4) is 0 Å². The Morgan fingerprint density at radius 2 is 0.859 bits per heavy atom. The summed E-state index contributed by atoms with van der Waals surface area (Å²) in [7, 11) is 9.91. The average Bonchev–Trinajstić information content (AvgIpc) is 1.74. The van der Waals surface area contributed by atoms with Crippen LogP contribution >= 0.6 is 85.5 Å². The third-order valence-electron chi connectivity index (χ3n) is 15.0. The topological polar surface area (TPSA) is 231 Å². The molecule has 0 fully saturated rings. The van der Waals surface area contributed by atoms with Gasteiger partial charge in [-0.3, -0.25) is 0 Å². The largest absolute Gasteiger partial charge is 0.398 e. The number of aryl methyl sites for hydroxylation is 3. The molecule has 7 aromatic heterocycles. The highest BCUT2D eigenvalue weighted by molar-refractivity contribution is 9.10. The van der Waals surface area contributed by atoms with Gasteiger partial charge in [0.05, 0.1) is 58.8 Å². The van der Waals surface area contributed by atoms with Crippen molar-refractivity contribution < 1.29 is 5.11 Å². The summed E-state index contributed by atoms with van der Waals surface area (Å²) < 4.78 is 9.26. The van der Waals surface area contributed by atoms with Crippen molar-refractivity contribution in [2.45, 2.75) is 26.9 Å². The number of fused-ring (bicyclic) bond motifs is 7. The van der Waals surface area contributed by atoms with Crippen LogP contribution in [0.15, 0.2) is 175 Å². The van der Waals surface area contributed by atoms with Gasteiger partial charge in [0, 0.05) is 196 Å². The van der Waals surface area contributed by atoms with Gasteiger partial charge >= 0.3 is 0 Å². The van der Waals surface area contributed by atoms with Gasteiger partial charge in [-0.1, -0.05) is 112 Å². The summed E-state index contributed by atoms with van der Waals surface area (Å²) in [5, 5.41) is 29.8. The number of aromatic amines is 3. The third kappa shape index (κ3) is 16.4. The summed E-state index contributed by atoms with van der Waals surface area (Å²) in [5.41, 5.74) is 36.9. The molecule has 0 unspecified atom stereocenters. The zero-order valence-corrected chi connectivity index (χ0v) is 58.2. The molecule has 0 aliphatic carbocycles. The number of aliphatic hydroxyl groups is 1. The molecule has 14 aromatic rings. The van der Waals surface area contributed by atoms with Crippen LogP contribution in [0.25, 0.3) is 76.3 Å². The normalized spacial score (nSPS) is 10.9. The molecular weight excluding hydrogens is 1350 g/mol. The van der Waals surface area contributed by atoms with Gasteiger partial charge in [0.1, 0.15) is 0 Å². The molecule has 0 spiro atoms. The maximum Gasteiger partial charge on any atom is 0.0682 e. The van der Waals surface area contributed by atoms with E-state index >= 15 is 0 Å². The van der Waals surface area contributed by atoms with Gasteiger partial charge in [-0.2, -0.15) is 0 Å². The van der Waals surface area contributed by atoms with Gasteiger partial charge in [-0.15, -0.1) is 0 Å². The van der Waals surface area contributed by atoms with E-state index in [1.165, 1.54) is 5.52 Å². The Bertz CT molecular complexity index is 4660. The molecule has 92 heavy (non-hydrogen) atoms. The average molecular weight is 1420 g/mol. The predicted molar refractivity (Wildman–Crippen MR) is 404 cm³/mol. The fourth-order valence-corrected chi connectivity index (χ4v) is 13.0. The number of nitrogens with one attached hydrogen (secondary N) is 6. The Balaban J connectivity index is 0.000000139. The van der Waals surface area contributed by atoms with Crippen molar-refractivity contribution in [3.63, 3.8) is 0 Å². The second-order valence-corrected chi connectivity index (χ2v) is 24.7. The number of nitrogens with two attached hydrogens (primary N) is 4.